The molecule has 3 aromatic heterocycles. The number of hydrogen-bond acceptors (Lipinski definition) is 8. The molecule has 0 bridgehead atoms. The van der Waals surface area contributed by atoms with Crippen LogP contribution in [0.1, 0.15) is 41.4 Å². The number of thiophene rings is 1. The highest BCUT2D eigenvalue weighted by Crippen LogP contribution is 2.38. The molecule has 0 spiro atoms. The lowest BCUT2D eigenvalue weighted by Gasteiger charge is -2.10. The van der Waals surface area contributed by atoms with Gasteiger partial charge in [-0.1, -0.05) is 11.8 Å². The number of amides is 1. The summed E-state index contributed by atoms with van der Waals surface area (Å²) in [5, 5.41) is 10.1. The monoisotopic (exact) mass is 403 g/mol. The van der Waals surface area contributed by atoms with Gasteiger partial charge in [-0.3, -0.25) is 4.79 Å². The first kappa shape index (κ1) is 18.2. The van der Waals surface area contributed by atoms with Crippen molar-refractivity contribution >= 4 is 45.0 Å². The fraction of sp³-hybridized carbons (Fsp3) is 0.471. The Balaban J connectivity index is 1.52. The molecular formula is C17H21N7OS2. The summed E-state index contributed by atoms with van der Waals surface area (Å²) in [5.74, 6) is 2.23. The third kappa shape index (κ3) is 3.63. The maximum atomic E-state index is 10.9. The summed E-state index contributed by atoms with van der Waals surface area (Å²) in [6.07, 6.45) is 5.38. The van der Waals surface area contributed by atoms with Gasteiger partial charge < -0.3 is 16.0 Å². The molecule has 0 aromatic carbocycles. The Kier molecular flexibility index (Phi) is 5.00. The van der Waals surface area contributed by atoms with E-state index in [1.165, 1.54) is 35.0 Å². The standard InChI is InChI=1S/C17H21N7OS2/c1-24-13(7-6-11(18)25)22-23-17(24)26-8-12-20-15(19)14-9-4-2-3-5-10(9)27-16(14)21-12/h2-8H2,1H3,(H2,18,25)(H2,19,20,21). The zero-order valence-electron chi connectivity index (χ0n) is 15.1. The number of carbonyl (C=O) groups excluding carboxylic acids is 1. The van der Waals surface area contributed by atoms with Crippen LogP contribution in [0.3, 0.4) is 0 Å². The van der Waals surface area contributed by atoms with E-state index in [0.29, 0.717) is 23.8 Å². The highest BCUT2D eigenvalue weighted by Gasteiger charge is 2.20. The quantitative estimate of drug-likeness (QED) is 0.603. The van der Waals surface area contributed by atoms with E-state index in [1.807, 2.05) is 11.6 Å². The second-order valence-electron chi connectivity index (χ2n) is 6.63. The molecule has 3 aromatic rings. The van der Waals surface area contributed by atoms with Crippen molar-refractivity contribution in [3.63, 3.8) is 0 Å². The van der Waals surface area contributed by atoms with E-state index in [9.17, 15) is 4.79 Å². The second kappa shape index (κ2) is 7.43. The molecule has 10 heteroatoms. The number of nitrogen functional groups attached to an aromatic ring is 1. The van der Waals surface area contributed by atoms with Gasteiger partial charge in [-0.15, -0.1) is 21.5 Å². The third-order valence-corrected chi connectivity index (χ3v) is 6.94. The molecule has 3 heterocycles. The van der Waals surface area contributed by atoms with Gasteiger partial charge in [0.1, 0.15) is 22.3 Å². The van der Waals surface area contributed by atoms with Crippen LogP contribution in [0.5, 0.6) is 0 Å². The number of hydrogen-bond donors (Lipinski definition) is 2. The van der Waals surface area contributed by atoms with Gasteiger partial charge in [0.05, 0.1) is 11.1 Å². The number of anilines is 1. The Labute approximate surface area is 164 Å². The van der Waals surface area contributed by atoms with Gasteiger partial charge in [0, 0.05) is 24.8 Å². The average molecular weight is 404 g/mol. The van der Waals surface area contributed by atoms with Crippen LogP contribution >= 0.6 is 23.1 Å². The molecule has 1 aliphatic carbocycles. The Bertz CT molecular complexity index is 1010. The molecule has 27 heavy (non-hydrogen) atoms. The molecule has 0 atom stereocenters. The van der Waals surface area contributed by atoms with Crippen molar-refractivity contribution in [2.24, 2.45) is 12.8 Å². The number of thioether (sulfide) groups is 1. The van der Waals surface area contributed by atoms with Crippen LogP contribution in [0.25, 0.3) is 10.2 Å². The lowest BCUT2D eigenvalue weighted by Crippen LogP contribution is -2.12. The summed E-state index contributed by atoms with van der Waals surface area (Å²) in [5.41, 5.74) is 12.8. The largest absolute Gasteiger partial charge is 0.383 e. The zero-order chi connectivity index (χ0) is 19.0. The third-order valence-electron chi connectivity index (χ3n) is 4.74. The van der Waals surface area contributed by atoms with Crippen LogP contribution in [0.4, 0.5) is 5.82 Å². The van der Waals surface area contributed by atoms with E-state index >= 15 is 0 Å². The van der Waals surface area contributed by atoms with E-state index in [4.69, 9.17) is 16.5 Å². The first-order valence-electron chi connectivity index (χ1n) is 8.89. The predicted molar refractivity (Wildman–Crippen MR) is 107 cm³/mol. The minimum atomic E-state index is -0.344. The smallest absolute Gasteiger partial charge is 0.217 e. The Morgan fingerprint density at radius 2 is 2.07 bits per heavy atom. The van der Waals surface area contributed by atoms with Crippen molar-refractivity contribution in [1.29, 1.82) is 0 Å². The molecule has 0 unspecified atom stereocenters. The summed E-state index contributed by atoms with van der Waals surface area (Å²) in [6.45, 7) is 0. The number of rotatable bonds is 6. The van der Waals surface area contributed by atoms with Crippen molar-refractivity contribution in [2.75, 3.05) is 5.73 Å². The van der Waals surface area contributed by atoms with Crippen molar-refractivity contribution < 1.29 is 4.79 Å². The van der Waals surface area contributed by atoms with Gasteiger partial charge in [0.25, 0.3) is 0 Å². The Morgan fingerprint density at radius 3 is 2.89 bits per heavy atom. The summed E-state index contributed by atoms with van der Waals surface area (Å²) in [4.78, 5) is 22.6. The Hall–Kier alpha value is -2.20. The number of aryl methyl sites for hydroxylation is 3. The van der Waals surface area contributed by atoms with Crippen molar-refractivity contribution in [2.45, 2.75) is 49.4 Å². The van der Waals surface area contributed by atoms with E-state index < -0.39 is 0 Å². The van der Waals surface area contributed by atoms with E-state index in [2.05, 4.69) is 15.2 Å². The molecule has 4 rings (SSSR count). The molecule has 4 N–H and O–H groups in total. The maximum absolute atomic E-state index is 10.9. The van der Waals surface area contributed by atoms with Gasteiger partial charge in [-0.05, 0) is 31.2 Å². The Morgan fingerprint density at radius 1 is 1.26 bits per heavy atom. The maximum Gasteiger partial charge on any atom is 0.217 e. The number of aromatic nitrogens is 5. The SMILES string of the molecule is Cn1c(CCC(N)=O)nnc1SCc1nc(N)c2c3c(sc2n1)CCCC3. The lowest BCUT2D eigenvalue weighted by molar-refractivity contribution is -0.118. The van der Waals surface area contributed by atoms with Crippen LogP contribution in [-0.2, 0) is 36.9 Å². The highest BCUT2D eigenvalue weighted by atomic mass is 32.2. The van der Waals surface area contributed by atoms with Crippen LogP contribution in [0, 0.1) is 0 Å². The minimum absolute atomic E-state index is 0.260. The van der Waals surface area contributed by atoms with Gasteiger partial charge in [-0.25, -0.2) is 9.97 Å². The van der Waals surface area contributed by atoms with Crippen LogP contribution in [-0.4, -0.2) is 30.6 Å². The fourth-order valence-electron chi connectivity index (χ4n) is 3.35. The molecule has 1 aliphatic rings. The number of primary amides is 1. The van der Waals surface area contributed by atoms with Crippen molar-refractivity contribution in [3.05, 3.63) is 22.1 Å². The van der Waals surface area contributed by atoms with E-state index in [1.54, 1.807) is 11.3 Å². The second-order valence-corrected chi connectivity index (χ2v) is 8.66. The van der Waals surface area contributed by atoms with Gasteiger partial charge >= 0.3 is 0 Å². The molecular weight excluding hydrogens is 382 g/mol. The molecule has 0 aliphatic heterocycles. The number of nitrogens with zero attached hydrogens (tertiary/aromatic N) is 5. The molecule has 0 radical (unpaired) electrons. The van der Waals surface area contributed by atoms with Crippen LogP contribution in [0.2, 0.25) is 0 Å². The summed E-state index contributed by atoms with van der Waals surface area (Å²) >= 11 is 3.25. The van der Waals surface area contributed by atoms with E-state index in [-0.39, 0.29) is 12.3 Å². The first-order chi connectivity index (χ1) is 13.0. The fourth-order valence-corrected chi connectivity index (χ4v) is 5.42. The summed E-state index contributed by atoms with van der Waals surface area (Å²) < 4.78 is 1.87. The number of carbonyl (C=O) groups is 1. The molecule has 142 valence electrons. The normalized spacial score (nSPS) is 13.8. The van der Waals surface area contributed by atoms with Gasteiger partial charge in [-0.2, -0.15) is 0 Å². The highest BCUT2D eigenvalue weighted by molar-refractivity contribution is 7.98. The van der Waals surface area contributed by atoms with E-state index in [0.717, 1.165) is 34.0 Å². The molecule has 0 fully saturated rings. The number of fused-ring (bicyclic) bond motifs is 3. The summed E-state index contributed by atoms with van der Waals surface area (Å²) in [6, 6.07) is 0. The van der Waals surface area contributed by atoms with Crippen molar-refractivity contribution in [1.82, 2.24) is 24.7 Å². The van der Waals surface area contributed by atoms with Crippen LogP contribution < -0.4 is 11.5 Å². The number of nitrogens with two attached hydrogens (primary N) is 2. The lowest BCUT2D eigenvalue weighted by atomic mass is 9.97. The summed E-state index contributed by atoms with van der Waals surface area (Å²) in [7, 11) is 1.88. The predicted octanol–water partition coefficient (Wildman–Crippen LogP) is 1.99. The van der Waals surface area contributed by atoms with Gasteiger partial charge in [0.15, 0.2) is 5.16 Å². The van der Waals surface area contributed by atoms with Crippen molar-refractivity contribution in [3.8, 4) is 0 Å². The molecule has 8 nitrogen and oxygen atoms in total. The van der Waals surface area contributed by atoms with Crippen LogP contribution in [0.15, 0.2) is 5.16 Å². The molecule has 0 saturated heterocycles. The topological polar surface area (TPSA) is 126 Å². The zero-order valence-corrected chi connectivity index (χ0v) is 16.7. The molecule has 0 saturated carbocycles. The van der Waals surface area contributed by atoms with Gasteiger partial charge in [0.2, 0.25) is 5.91 Å². The average Bonchev–Trinajstić information content (AvgIpc) is 3.18. The first-order valence-corrected chi connectivity index (χ1v) is 10.7. The molecule has 1 amide bonds. The minimum Gasteiger partial charge on any atom is -0.383 e.